The first-order chi connectivity index (χ1) is 16.0. The lowest BCUT2D eigenvalue weighted by Crippen LogP contribution is -2.37. The molecule has 1 fully saturated rings. The predicted octanol–water partition coefficient (Wildman–Crippen LogP) is 4.46. The highest BCUT2D eigenvalue weighted by molar-refractivity contribution is 6.00. The minimum atomic E-state index is -1.26. The molecule has 3 heterocycles. The number of carboxylic acid groups (broad SMARTS) is 1. The van der Waals surface area contributed by atoms with Gasteiger partial charge in [0.15, 0.2) is 0 Å². The Morgan fingerprint density at radius 3 is 2.64 bits per heavy atom. The van der Waals surface area contributed by atoms with E-state index in [1.54, 1.807) is 6.07 Å². The fourth-order valence-electron chi connectivity index (χ4n) is 6.51. The normalized spacial score (nSPS) is 22.7. The van der Waals surface area contributed by atoms with Gasteiger partial charge >= 0.3 is 5.97 Å². The first-order valence-electron chi connectivity index (χ1n) is 12.1. The number of aromatic nitrogens is 1. The molecule has 6 heteroatoms. The van der Waals surface area contributed by atoms with E-state index in [1.807, 2.05) is 24.3 Å². The Balaban J connectivity index is 1.69. The van der Waals surface area contributed by atoms with Crippen molar-refractivity contribution in [2.24, 2.45) is 0 Å². The Bertz CT molecular complexity index is 1260. The second-order valence-corrected chi connectivity index (χ2v) is 9.95. The SMILES string of the molecule is O=C(O)c1ccc2c(C3CCCCC3)c3n(c2c1)CCCN1C[C@](O)(CO)c2cccc-3c21. The summed E-state index contributed by atoms with van der Waals surface area (Å²) in [6.07, 6.45) is 6.87. The van der Waals surface area contributed by atoms with Crippen LogP contribution in [-0.2, 0) is 12.1 Å². The third-order valence-corrected chi connectivity index (χ3v) is 8.00. The molecule has 0 saturated heterocycles. The van der Waals surface area contributed by atoms with Crippen molar-refractivity contribution in [3.63, 3.8) is 0 Å². The monoisotopic (exact) mass is 446 g/mol. The third kappa shape index (κ3) is 3.04. The van der Waals surface area contributed by atoms with Crippen molar-refractivity contribution in [2.45, 2.75) is 56.6 Å². The number of nitrogens with zero attached hydrogens (tertiary/aromatic N) is 2. The standard InChI is InChI=1S/C27H30N2O4/c30-16-27(33)15-28-12-5-13-29-22-14-18(26(31)32)10-11-19(22)23(17-6-2-1-3-7-17)25(29)20-8-4-9-21(27)24(20)28/h4,8-11,14,17,30,33H,1-3,5-7,12-13,15-16H2,(H,31,32)/t27-/m0/s1. The average Bonchev–Trinajstić information content (AvgIpc) is 3.30. The van der Waals surface area contributed by atoms with Gasteiger partial charge in [-0.05, 0) is 42.9 Å². The summed E-state index contributed by atoms with van der Waals surface area (Å²) in [4.78, 5) is 14.0. The minimum absolute atomic E-state index is 0.305. The van der Waals surface area contributed by atoms with E-state index in [4.69, 9.17) is 0 Å². The molecule has 172 valence electrons. The number of rotatable bonds is 3. The summed E-state index contributed by atoms with van der Waals surface area (Å²) in [5, 5.41) is 32.1. The van der Waals surface area contributed by atoms with Gasteiger partial charge in [0, 0.05) is 35.1 Å². The zero-order chi connectivity index (χ0) is 22.7. The quantitative estimate of drug-likeness (QED) is 0.553. The molecule has 3 N–H and O–H groups in total. The Hall–Kier alpha value is -2.83. The molecule has 1 aromatic heterocycles. The Labute approximate surface area is 193 Å². The summed E-state index contributed by atoms with van der Waals surface area (Å²) in [6, 6.07) is 11.6. The van der Waals surface area contributed by atoms with Crippen LogP contribution in [0.5, 0.6) is 0 Å². The molecular formula is C27H30N2O4. The molecular weight excluding hydrogens is 416 g/mol. The first-order valence-corrected chi connectivity index (χ1v) is 12.1. The number of aliphatic hydroxyl groups is 2. The number of para-hydroxylation sites is 1. The van der Waals surface area contributed by atoms with Crippen molar-refractivity contribution < 1.29 is 20.1 Å². The van der Waals surface area contributed by atoms with Gasteiger partial charge in [-0.2, -0.15) is 0 Å². The molecule has 2 aliphatic heterocycles. The van der Waals surface area contributed by atoms with Crippen molar-refractivity contribution in [3.8, 4) is 11.3 Å². The van der Waals surface area contributed by atoms with E-state index < -0.39 is 11.6 Å². The topological polar surface area (TPSA) is 85.9 Å². The molecule has 33 heavy (non-hydrogen) atoms. The molecule has 1 aliphatic carbocycles. The summed E-state index contributed by atoms with van der Waals surface area (Å²) in [5.74, 6) is -0.465. The van der Waals surface area contributed by atoms with Crippen LogP contribution in [-0.4, -0.2) is 45.6 Å². The number of aryl methyl sites for hydroxylation is 1. The van der Waals surface area contributed by atoms with Crippen molar-refractivity contribution in [1.82, 2.24) is 4.57 Å². The van der Waals surface area contributed by atoms with Crippen molar-refractivity contribution in [2.75, 3.05) is 24.6 Å². The highest BCUT2D eigenvalue weighted by Gasteiger charge is 2.43. The lowest BCUT2D eigenvalue weighted by atomic mass is 9.81. The molecule has 6 nitrogen and oxygen atoms in total. The van der Waals surface area contributed by atoms with Gasteiger partial charge in [0.1, 0.15) is 5.60 Å². The number of carbonyl (C=O) groups is 1. The molecule has 0 unspecified atom stereocenters. The van der Waals surface area contributed by atoms with Gasteiger partial charge in [-0.15, -0.1) is 0 Å². The Morgan fingerprint density at radius 1 is 1.06 bits per heavy atom. The summed E-state index contributed by atoms with van der Waals surface area (Å²) in [6.45, 7) is 1.67. The Morgan fingerprint density at radius 2 is 1.88 bits per heavy atom. The van der Waals surface area contributed by atoms with E-state index in [9.17, 15) is 20.1 Å². The maximum Gasteiger partial charge on any atom is 0.335 e. The number of aromatic carboxylic acids is 1. The smallest absolute Gasteiger partial charge is 0.335 e. The molecule has 0 radical (unpaired) electrons. The van der Waals surface area contributed by atoms with Crippen molar-refractivity contribution in [1.29, 1.82) is 0 Å². The fraction of sp³-hybridized carbons (Fsp3) is 0.444. The van der Waals surface area contributed by atoms with E-state index in [-0.39, 0.29) is 6.61 Å². The molecule has 3 aromatic rings. The number of hydrogen-bond donors (Lipinski definition) is 3. The highest BCUT2D eigenvalue weighted by atomic mass is 16.4. The van der Waals surface area contributed by atoms with Crippen LogP contribution in [0.15, 0.2) is 36.4 Å². The van der Waals surface area contributed by atoms with Crippen LogP contribution in [0, 0.1) is 0 Å². The van der Waals surface area contributed by atoms with Gasteiger partial charge in [0.25, 0.3) is 0 Å². The minimum Gasteiger partial charge on any atom is -0.478 e. The van der Waals surface area contributed by atoms with Gasteiger partial charge in [-0.1, -0.05) is 43.5 Å². The maximum atomic E-state index is 11.8. The van der Waals surface area contributed by atoms with E-state index in [0.717, 1.165) is 60.1 Å². The van der Waals surface area contributed by atoms with Crippen LogP contribution in [0.3, 0.4) is 0 Å². The van der Waals surface area contributed by atoms with Crippen LogP contribution in [0.25, 0.3) is 22.2 Å². The van der Waals surface area contributed by atoms with E-state index in [2.05, 4.69) is 15.5 Å². The second kappa shape index (κ2) is 7.61. The fourth-order valence-corrected chi connectivity index (χ4v) is 6.51. The number of hydrogen-bond acceptors (Lipinski definition) is 4. The number of aliphatic hydroxyl groups excluding tert-OH is 1. The second-order valence-electron chi connectivity index (χ2n) is 9.95. The highest BCUT2D eigenvalue weighted by Crippen LogP contribution is 2.51. The zero-order valence-corrected chi connectivity index (χ0v) is 18.8. The van der Waals surface area contributed by atoms with Crippen LogP contribution in [0.2, 0.25) is 0 Å². The van der Waals surface area contributed by atoms with Gasteiger partial charge in [0.2, 0.25) is 0 Å². The summed E-state index contributed by atoms with van der Waals surface area (Å²) >= 11 is 0. The molecule has 6 rings (SSSR count). The third-order valence-electron chi connectivity index (χ3n) is 8.00. The molecule has 0 spiro atoms. The lowest BCUT2D eigenvalue weighted by Gasteiger charge is -2.29. The number of anilines is 1. The lowest BCUT2D eigenvalue weighted by molar-refractivity contribution is -0.00479. The molecule has 0 bridgehead atoms. The van der Waals surface area contributed by atoms with Crippen LogP contribution >= 0.6 is 0 Å². The predicted molar refractivity (Wildman–Crippen MR) is 128 cm³/mol. The summed E-state index contributed by atoms with van der Waals surface area (Å²) in [7, 11) is 0. The molecule has 0 amide bonds. The first kappa shape index (κ1) is 20.8. The number of benzene rings is 2. The van der Waals surface area contributed by atoms with E-state index in [0.29, 0.717) is 18.0 Å². The van der Waals surface area contributed by atoms with Gasteiger partial charge in [-0.3, -0.25) is 0 Å². The molecule has 1 atom stereocenters. The summed E-state index contributed by atoms with van der Waals surface area (Å²) in [5.41, 5.74) is 5.45. The Kier molecular flexibility index (Phi) is 4.78. The zero-order valence-electron chi connectivity index (χ0n) is 18.8. The van der Waals surface area contributed by atoms with Gasteiger partial charge in [0.05, 0.1) is 30.1 Å². The van der Waals surface area contributed by atoms with Crippen LogP contribution < -0.4 is 4.90 Å². The van der Waals surface area contributed by atoms with Crippen LogP contribution in [0.4, 0.5) is 5.69 Å². The summed E-state index contributed by atoms with van der Waals surface area (Å²) < 4.78 is 2.33. The van der Waals surface area contributed by atoms with Gasteiger partial charge in [-0.25, -0.2) is 4.79 Å². The largest absolute Gasteiger partial charge is 0.478 e. The van der Waals surface area contributed by atoms with Crippen molar-refractivity contribution >= 4 is 22.6 Å². The van der Waals surface area contributed by atoms with E-state index >= 15 is 0 Å². The molecule has 3 aliphatic rings. The average molecular weight is 447 g/mol. The number of carboxylic acids is 1. The maximum absolute atomic E-state index is 11.8. The van der Waals surface area contributed by atoms with E-state index in [1.165, 1.54) is 30.5 Å². The number of fused-ring (bicyclic) bond motifs is 4. The molecule has 1 saturated carbocycles. The van der Waals surface area contributed by atoms with Gasteiger partial charge < -0.3 is 24.8 Å². The van der Waals surface area contributed by atoms with Crippen molar-refractivity contribution in [3.05, 3.63) is 53.1 Å². The molecule has 2 aromatic carbocycles. The van der Waals surface area contributed by atoms with Crippen LogP contribution in [0.1, 0.15) is 65.9 Å².